The minimum Gasteiger partial charge on any atom is -0.393 e. The zero-order valence-electron chi connectivity index (χ0n) is 10.4. The number of aliphatic hydroxyl groups excluding tert-OH is 2. The third-order valence-electron chi connectivity index (χ3n) is 1.96. The lowest BCUT2D eigenvalue weighted by Gasteiger charge is -2.08. The van der Waals surface area contributed by atoms with Gasteiger partial charge in [-0.25, -0.2) is 0 Å². The molecule has 0 unspecified atom stereocenters. The Labute approximate surface area is 101 Å². The molecule has 100 valence electrons. The summed E-state index contributed by atoms with van der Waals surface area (Å²) in [6.45, 7) is 4.02. The summed E-state index contributed by atoms with van der Waals surface area (Å²) in [5.41, 5.74) is 0. The number of hydrogen-bond acceptors (Lipinski definition) is 4. The normalized spacial score (nSPS) is 13.9. The van der Waals surface area contributed by atoms with Crippen LogP contribution < -0.4 is 10.6 Å². The fourth-order valence-corrected chi connectivity index (χ4v) is 1.22. The zero-order valence-corrected chi connectivity index (χ0v) is 10.4. The predicted molar refractivity (Wildman–Crippen MR) is 63.2 cm³/mol. The highest BCUT2D eigenvalue weighted by Gasteiger charge is 2.06. The van der Waals surface area contributed by atoms with Crippen LogP contribution >= 0.6 is 0 Å². The zero-order chi connectivity index (χ0) is 13.3. The Morgan fingerprint density at radius 1 is 0.941 bits per heavy atom. The van der Waals surface area contributed by atoms with E-state index in [1.165, 1.54) is 0 Å². The van der Waals surface area contributed by atoms with E-state index in [9.17, 15) is 9.59 Å². The lowest BCUT2D eigenvalue weighted by molar-refractivity contribution is -0.123. The van der Waals surface area contributed by atoms with Crippen molar-refractivity contribution >= 4 is 11.8 Å². The molecule has 17 heavy (non-hydrogen) atoms. The van der Waals surface area contributed by atoms with Gasteiger partial charge in [0.1, 0.15) is 0 Å². The molecule has 2 atom stereocenters. The molecule has 6 nitrogen and oxygen atoms in total. The van der Waals surface area contributed by atoms with E-state index in [-0.39, 0.29) is 24.7 Å². The fraction of sp³-hybridized carbons (Fsp3) is 0.818. The van der Waals surface area contributed by atoms with E-state index in [1.807, 2.05) is 0 Å². The van der Waals surface area contributed by atoms with Crippen LogP contribution in [0.1, 0.15) is 33.1 Å². The summed E-state index contributed by atoms with van der Waals surface area (Å²) in [4.78, 5) is 22.2. The van der Waals surface area contributed by atoms with Gasteiger partial charge in [0, 0.05) is 13.1 Å². The minimum atomic E-state index is -0.638. The molecule has 2 amide bonds. The van der Waals surface area contributed by atoms with Gasteiger partial charge in [0.05, 0.1) is 25.0 Å². The number of rotatable bonds is 8. The first kappa shape index (κ1) is 15.9. The van der Waals surface area contributed by atoms with Crippen LogP contribution in [0.25, 0.3) is 0 Å². The average Bonchev–Trinajstić information content (AvgIpc) is 2.14. The van der Waals surface area contributed by atoms with Gasteiger partial charge < -0.3 is 20.8 Å². The minimum absolute atomic E-state index is 0.0917. The second kappa shape index (κ2) is 8.95. The molecule has 4 N–H and O–H groups in total. The van der Waals surface area contributed by atoms with Crippen LogP contribution in [0, 0.1) is 0 Å². The van der Waals surface area contributed by atoms with Crippen LogP contribution in [0.5, 0.6) is 0 Å². The van der Waals surface area contributed by atoms with Gasteiger partial charge in [0.15, 0.2) is 0 Å². The lowest BCUT2D eigenvalue weighted by atomic mass is 10.2. The van der Waals surface area contributed by atoms with Crippen molar-refractivity contribution in [1.82, 2.24) is 10.6 Å². The monoisotopic (exact) mass is 246 g/mol. The largest absolute Gasteiger partial charge is 0.393 e. The Hall–Kier alpha value is -1.14. The number of hydrogen-bond donors (Lipinski definition) is 4. The highest BCUT2D eigenvalue weighted by molar-refractivity contribution is 5.76. The summed E-state index contributed by atoms with van der Waals surface area (Å²) in [6.07, 6.45) is -0.471. The number of carbonyl (C=O) groups excluding carboxylic acids is 2. The van der Waals surface area contributed by atoms with E-state index in [4.69, 9.17) is 10.2 Å². The molecular weight excluding hydrogens is 224 g/mol. The molecule has 0 aliphatic heterocycles. The topological polar surface area (TPSA) is 98.7 Å². The van der Waals surface area contributed by atoms with Gasteiger partial charge in [-0.15, -0.1) is 0 Å². The number of carbonyl (C=O) groups is 2. The van der Waals surface area contributed by atoms with E-state index in [2.05, 4.69) is 10.6 Å². The van der Waals surface area contributed by atoms with Gasteiger partial charge in [-0.1, -0.05) is 0 Å². The quantitative estimate of drug-likeness (QED) is 0.419. The van der Waals surface area contributed by atoms with Gasteiger partial charge in [0.25, 0.3) is 0 Å². The van der Waals surface area contributed by atoms with Crippen LogP contribution in [0.15, 0.2) is 0 Å². The van der Waals surface area contributed by atoms with E-state index >= 15 is 0 Å². The highest BCUT2D eigenvalue weighted by Crippen LogP contribution is 1.90. The Morgan fingerprint density at radius 3 is 1.59 bits per heavy atom. The summed E-state index contributed by atoms with van der Waals surface area (Å²) in [5, 5.41) is 23.1. The summed E-state index contributed by atoms with van der Waals surface area (Å²) < 4.78 is 0. The molecule has 0 aliphatic carbocycles. The number of nitrogens with one attached hydrogen (secondary N) is 2. The Kier molecular flexibility index (Phi) is 8.35. The average molecular weight is 246 g/mol. The highest BCUT2D eigenvalue weighted by atomic mass is 16.3. The summed E-state index contributed by atoms with van der Waals surface area (Å²) in [5.74, 6) is -0.398. The molecule has 0 radical (unpaired) electrons. The molecule has 0 fully saturated rings. The first-order chi connectivity index (χ1) is 7.91. The molecule has 0 saturated heterocycles. The molecule has 0 aliphatic rings. The van der Waals surface area contributed by atoms with E-state index < -0.39 is 12.2 Å². The fourth-order valence-electron chi connectivity index (χ4n) is 1.22. The Bertz CT molecular complexity index is 218. The van der Waals surface area contributed by atoms with Crippen LogP contribution in [0.4, 0.5) is 0 Å². The lowest BCUT2D eigenvalue weighted by Crippen LogP contribution is -2.31. The molecule has 0 aromatic rings. The van der Waals surface area contributed by atoms with Crippen LogP contribution in [0.3, 0.4) is 0 Å². The molecule has 0 heterocycles. The van der Waals surface area contributed by atoms with Crippen LogP contribution in [-0.2, 0) is 9.59 Å². The van der Waals surface area contributed by atoms with Crippen molar-refractivity contribution in [2.24, 2.45) is 0 Å². The molecule has 0 bridgehead atoms. The van der Waals surface area contributed by atoms with Gasteiger partial charge in [0.2, 0.25) is 11.8 Å². The summed E-state index contributed by atoms with van der Waals surface area (Å²) in [6, 6.07) is 0. The maximum absolute atomic E-state index is 11.1. The van der Waals surface area contributed by atoms with Gasteiger partial charge in [-0.2, -0.15) is 0 Å². The standard InChI is InChI=1S/C11H22N2O4/c1-8(14)6-10(16)12-4-3-5-13-11(17)7-9(2)15/h8-9,14-15H,3-7H2,1-2H3,(H,12,16)(H,13,17)/t8-,9-/m1/s1. The third-order valence-corrected chi connectivity index (χ3v) is 1.96. The molecule has 0 rings (SSSR count). The summed E-state index contributed by atoms with van der Waals surface area (Å²) in [7, 11) is 0. The second-order valence-electron chi connectivity index (χ2n) is 4.16. The van der Waals surface area contributed by atoms with Gasteiger partial charge in [-0.3, -0.25) is 9.59 Å². The van der Waals surface area contributed by atoms with Crippen molar-refractivity contribution in [2.75, 3.05) is 13.1 Å². The van der Waals surface area contributed by atoms with Crippen molar-refractivity contribution in [3.05, 3.63) is 0 Å². The van der Waals surface area contributed by atoms with Crippen molar-refractivity contribution < 1.29 is 19.8 Å². The number of amides is 2. The first-order valence-corrected chi connectivity index (χ1v) is 5.81. The Balaban J connectivity index is 3.40. The van der Waals surface area contributed by atoms with E-state index in [1.54, 1.807) is 13.8 Å². The van der Waals surface area contributed by atoms with Crippen LogP contribution in [0.2, 0.25) is 0 Å². The molecule has 0 aromatic heterocycles. The third kappa shape index (κ3) is 11.1. The first-order valence-electron chi connectivity index (χ1n) is 5.81. The Morgan fingerprint density at radius 2 is 1.29 bits per heavy atom. The summed E-state index contributed by atoms with van der Waals surface area (Å²) >= 11 is 0. The second-order valence-corrected chi connectivity index (χ2v) is 4.16. The van der Waals surface area contributed by atoms with Crippen molar-refractivity contribution in [3.63, 3.8) is 0 Å². The van der Waals surface area contributed by atoms with E-state index in [0.717, 1.165) is 0 Å². The molecule has 0 saturated carbocycles. The van der Waals surface area contributed by atoms with Crippen molar-refractivity contribution in [3.8, 4) is 0 Å². The van der Waals surface area contributed by atoms with Crippen LogP contribution in [-0.4, -0.2) is 47.3 Å². The molecular formula is C11H22N2O4. The molecule has 0 aromatic carbocycles. The van der Waals surface area contributed by atoms with Crippen molar-refractivity contribution in [2.45, 2.75) is 45.3 Å². The van der Waals surface area contributed by atoms with Crippen molar-refractivity contribution in [1.29, 1.82) is 0 Å². The maximum Gasteiger partial charge on any atom is 0.222 e. The van der Waals surface area contributed by atoms with Gasteiger partial charge in [-0.05, 0) is 20.3 Å². The molecule has 0 spiro atoms. The SMILES string of the molecule is C[C@@H](O)CC(=O)NCCCNC(=O)C[C@@H](C)O. The van der Waals surface area contributed by atoms with Gasteiger partial charge >= 0.3 is 0 Å². The van der Waals surface area contributed by atoms with E-state index in [0.29, 0.717) is 19.5 Å². The smallest absolute Gasteiger partial charge is 0.222 e. The predicted octanol–water partition coefficient (Wildman–Crippen LogP) is -0.849. The number of aliphatic hydroxyl groups is 2. The maximum atomic E-state index is 11.1. The molecule has 6 heteroatoms.